The normalized spacial score (nSPS) is 12.1. The second kappa shape index (κ2) is 8.83. The summed E-state index contributed by atoms with van der Waals surface area (Å²) in [7, 11) is 0. The van der Waals surface area contributed by atoms with Crippen molar-refractivity contribution in [3.8, 4) is 5.69 Å². The lowest BCUT2D eigenvalue weighted by Gasteiger charge is -2.05. The maximum Gasteiger partial charge on any atom is 0.273 e. The van der Waals surface area contributed by atoms with Crippen molar-refractivity contribution in [2.75, 3.05) is 6.54 Å². The van der Waals surface area contributed by atoms with E-state index in [2.05, 4.69) is 20.6 Å². The Balaban J connectivity index is 1.61. The predicted octanol–water partition coefficient (Wildman–Crippen LogP) is 1.85. The molecule has 3 rings (SSSR count). The zero-order valence-corrected chi connectivity index (χ0v) is 16.3. The molecule has 0 saturated heterocycles. The molecule has 0 aliphatic rings. The van der Waals surface area contributed by atoms with Crippen LogP contribution in [0, 0.1) is 13.8 Å². The summed E-state index contributed by atoms with van der Waals surface area (Å²) in [4.78, 5) is 16.7. The number of nitrogens with one attached hydrogen (secondary N) is 1. The Morgan fingerprint density at radius 3 is 2.59 bits per heavy atom. The highest BCUT2D eigenvalue weighted by molar-refractivity contribution is 5.92. The number of aromatic nitrogens is 4. The molecule has 2 aromatic heterocycles. The minimum absolute atomic E-state index is 0.162. The highest BCUT2D eigenvalue weighted by Gasteiger charge is 2.12. The molecule has 0 radical (unpaired) electrons. The predicted molar refractivity (Wildman–Crippen MR) is 112 cm³/mol. The molecule has 8 heteroatoms. The van der Waals surface area contributed by atoms with Crippen molar-refractivity contribution in [3.63, 3.8) is 0 Å². The summed E-state index contributed by atoms with van der Waals surface area (Å²) in [6.45, 7) is 3.96. The third kappa shape index (κ3) is 5.07. The molecule has 3 aromatic rings. The van der Waals surface area contributed by atoms with Gasteiger partial charge in [-0.3, -0.25) is 9.78 Å². The first-order valence-corrected chi connectivity index (χ1v) is 9.06. The number of pyridine rings is 1. The van der Waals surface area contributed by atoms with Gasteiger partial charge in [-0.15, -0.1) is 5.10 Å². The summed E-state index contributed by atoms with van der Waals surface area (Å²) >= 11 is 0. The van der Waals surface area contributed by atoms with Gasteiger partial charge in [-0.25, -0.2) is 4.68 Å². The zero-order chi connectivity index (χ0) is 20.8. The zero-order valence-electron chi connectivity index (χ0n) is 16.3. The van der Waals surface area contributed by atoms with Crippen molar-refractivity contribution in [1.82, 2.24) is 25.3 Å². The van der Waals surface area contributed by atoms with Gasteiger partial charge in [0.1, 0.15) is 0 Å². The molecule has 0 unspecified atom stereocenters. The summed E-state index contributed by atoms with van der Waals surface area (Å²) in [5.41, 5.74) is 16.6. The van der Waals surface area contributed by atoms with Gasteiger partial charge >= 0.3 is 0 Å². The van der Waals surface area contributed by atoms with Gasteiger partial charge in [-0.2, -0.15) is 0 Å². The third-order valence-electron chi connectivity index (χ3n) is 4.21. The van der Waals surface area contributed by atoms with Gasteiger partial charge in [0.25, 0.3) is 5.91 Å². The Labute approximate surface area is 168 Å². The SMILES string of the molecule is Cc1ccc(-n2cc(C(=O)NC/C(N)=C/C=C(\N)c3ccccc3)nn2)c(C)n1. The molecule has 0 bridgehead atoms. The van der Waals surface area contributed by atoms with Crippen LogP contribution in [0.5, 0.6) is 0 Å². The van der Waals surface area contributed by atoms with Gasteiger partial charge in [-0.1, -0.05) is 35.5 Å². The summed E-state index contributed by atoms with van der Waals surface area (Å²) in [6.07, 6.45) is 4.93. The minimum atomic E-state index is -0.370. The Bertz CT molecular complexity index is 1070. The second-order valence-electron chi connectivity index (χ2n) is 6.52. The number of hydrogen-bond acceptors (Lipinski definition) is 6. The van der Waals surface area contributed by atoms with Gasteiger partial charge in [0, 0.05) is 17.1 Å². The lowest BCUT2D eigenvalue weighted by atomic mass is 10.1. The molecule has 148 valence electrons. The lowest BCUT2D eigenvalue weighted by Crippen LogP contribution is -2.28. The van der Waals surface area contributed by atoms with Crippen LogP contribution in [-0.2, 0) is 0 Å². The lowest BCUT2D eigenvalue weighted by molar-refractivity contribution is 0.0952. The number of benzene rings is 1. The highest BCUT2D eigenvalue weighted by atomic mass is 16.2. The average Bonchev–Trinajstić information content (AvgIpc) is 3.20. The van der Waals surface area contributed by atoms with Crippen molar-refractivity contribution in [1.29, 1.82) is 0 Å². The Kier molecular flexibility index (Phi) is 6.03. The number of amides is 1. The number of allylic oxidation sites excluding steroid dienone is 2. The second-order valence-corrected chi connectivity index (χ2v) is 6.52. The van der Waals surface area contributed by atoms with Crippen LogP contribution < -0.4 is 16.8 Å². The highest BCUT2D eigenvalue weighted by Crippen LogP contribution is 2.12. The number of rotatable bonds is 6. The van der Waals surface area contributed by atoms with E-state index in [-0.39, 0.29) is 18.1 Å². The fraction of sp³-hybridized carbons (Fsp3) is 0.143. The number of aryl methyl sites for hydroxylation is 2. The number of carbonyl (C=O) groups is 1. The van der Waals surface area contributed by atoms with Gasteiger partial charge in [0.2, 0.25) is 0 Å². The van der Waals surface area contributed by atoms with Crippen LogP contribution in [0.1, 0.15) is 27.4 Å². The molecule has 0 atom stereocenters. The van der Waals surface area contributed by atoms with Gasteiger partial charge in [-0.05, 0) is 43.7 Å². The van der Waals surface area contributed by atoms with E-state index >= 15 is 0 Å². The molecule has 29 heavy (non-hydrogen) atoms. The molecule has 0 fully saturated rings. The summed E-state index contributed by atoms with van der Waals surface area (Å²) in [5.74, 6) is -0.370. The molecular weight excluding hydrogens is 366 g/mol. The number of carbonyl (C=O) groups excluding carboxylic acids is 1. The fourth-order valence-corrected chi connectivity index (χ4v) is 2.66. The molecule has 5 N–H and O–H groups in total. The largest absolute Gasteiger partial charge is 0.401 e. The van der Waals surface area contributed by atoms with Crippen LogP contribution in [0.25, 0.3) is 11.4 Å². The number of hydrogen-bond donors (Lipinski definition) is 3. The van der Waals surface area contributed by atoms with Crippen LogP contribution in [0.3, 0.4) is 0 Å². The summed E-state index contributed by atoms with van der Waals surface area (Å²) < 4.78 is 1.53. The maximum absolute atomic E-state index is 12.3. The minimum Gasteiger partial charge on any atom is -0.401 e. The summed E-state index contributed by atoms with van der Waals surface area (Å²) in [5, 5.41) is 10.7. The van der Waals surface area contributed by atoms with Gasteiger partial charge in [0.05, 0.1) is 24.1 Å². The Morgan fingerprint density at radius 2 is 1.86 bits per heavy atom. The van der Waals surface area contributed by atoms with E-state index in [9.17, 15) is 4.79 Å². The smallest absolute Gasteiger partial charge is 0.273 e. The van der Waals surface area contributed by atoms with Crippen molar-refractivity contribution < 1.29 is 4.79 Å². The van der Waals surface area contributed by atoms with Crippen molar-refractivity contribution in [3.05, 3.63) is 89.2 Å². The van der Waals surface area contributed by atoms with E-state index in [1.807, 2.05) is 56.3 Å². The van der Waals surface area contributed by atoms with Gasteiger partial charge in [0.15, 0.2) is 5.69 Å². The van der Waals surface area contributed by atoms with E-state index in [0.29, 0.717) is 11.4 Å². The van der Waals surface area contributed by atoms with Crippen LogP contribution in [-0.4, -0.2) is 32.4 Å². The van der Waals surface area contributed by atoms with E-state index in [0.717, 1.165) is 22.6 Å². The quantitative estimate of drug-likeness (QED) is 0.553. The fourth-order valence-electron chi connectivity index (χ4n) is 2.66. The van der Waals surface area contributed by atoms with E-state index in [1.54, 1.807) is 18.3 Å². The van der Waals surface area contributed by atoms with Crippen LogP contribution in [0.15, 0.2) is 66.5 Å². The molecule has 0 aliphatic carbocycles. The first-order valence-electron chi connectivity index (χ1n) is 9.06. The van der Waals surface area contributed by atoms with E-state index in [4.69, 9.17) is 11.5 Å². The molecular formula is C21H23N7O. The molecule has 0 spiro atoms. The maximum atomic E-state index is 12.3. The van der Waals surface area contributed by atoms with Crippen molar-refractivity contribution in [2.24, 2.45) is 11.5 Å². The van der Waals surface area contributed by atoms with E-state index in [1.165, 1.54) is 4.68 Å². The molecule has 1 amide bonds. The molecule has 0 aliphatic heterocycles. The van der Waals surface area contributed by atoms with E-state index < -0.39 is 0 Å². The standard InChI is InChI=1S/C21H23N7O/c1-14-8-11-20(15(2)25-14)28-13-19(26-27-28)21(29)24-12-17(22)9-10-18(23)16-6-4-3-5-7-16/h3-11,13H,12,22-23H2,1-2H3,(H,24,29)/b17-9-,18-10-. The Hall–Kier alpha value is -3.94. The molecule has 8 nitrogen and oxygen atoms in total. The van der Waals surface area contributed by atoms with Crippen molar-refractivity contribution >= 4 is 11.6 Å². The molecule has 1 aromatic carbocycles. The van der Waals surface area contributed by atoms with Crippen LogP contribution in [0.2, 0.25) is 0 Å². The van der Waals surface area contributed by atoms with Crippen LogP contribution >= 0.6 is 0 Å². The topological polar surface area (TPSA) is 125 Å². The Morgan fingerprint density at radius 1 is 1.10 bits per heavy atom. The number of nitrogens with zero attached hydrogens (tertiary/aromatic N) is 4. The van der Waals surface area contributed by atoms with Crippen LogP contribution in [0.4, 0.5) is 0 Å². The monoisotopic (exact) mass is 389 g/mol. The molecule has 2 heterocycles. The average molecular weight is 389 g/mol. The van der Waals surface area contributed by atoms with Gasteiger partial charge < -0.3 is 16.8 Å². The van der Waals surface area contributed by atoms with Crippen molar-refractivity contribution in [2.45, 2.75) is 13.8 Å². The summed E-state index contributed by atoms with van der Waals surface area (Å²) in [6, 6.07) is 13.3. The first kappa shape index (κ1) is 19.8. The first-order chi connectivity index (χ1) is 13.9. The molecule has 0 saturated carbocycles. The number of nitrogens with two attached hydrogens (primary N) is 2. The third-order valence-corrected chi connectivity index (χ3v) is 4.21.